The molecule has 9 nitrogen and oxygen atoms in total. The van der Waals surface area contributed by atoms with Gasteiger partial charge in [0.25, 0.3) is 0 Å². The number of rotatable bonds is 31. The Kier molecular flexibility index (Phi) is 27.4. The lowest BCUT2D eigenvalue weighted by Gasteiger charge is -2.27. The van der Waals surface area contributed by atoms with Crippen LogP contribution in [-0.4, -0.2) is 79.3 Å². The zero-order valence-corrected chi connectivity index (χ0v) is 30.6. The number of phosphoric acid groups is 1. The smallest absolute Gasteiger partial charge is 0.457 e. The van der Waals surface area contributed by atoms with Gasteiger partial charge in [-0.25, -0.2) is 4.57 Å². The van der Waals surface area contributed by atoms with Crippen LogP contribution in [0.15, 0.2) is 36.5 Å². The minimum absolute atomic E-state index is 0.0493. The van der Waals surface area contributed by atoms with Crippen LogP contribution in [0.1, 0.15) is 129 Å². The van der Waals surface area contributed by atoms with Gasteiger partial charge in [0, 0.05) is 12.8 Å². The van der Waals surface area contributed by atoms with Gasteiger partial charge in [-0.15, -0.1) is 0 Å². The van der Waals surface area contributed by atoms with Crippen molar-refractivity contribution in [2.45, 2.75) is 142 Å². The van der Waals surface area contributed by atoms with Gasteiger partial charge in [-0.2, -0.15) is 0 Å². The van der Waals surface area contributed by atoms with Crippen molar-refractivity contribution < 1.29 is 42.4 Å². The Morgan fingerprint density at radius 1 is 0.739 bits per heavy atom. The number of likely N-dealkylation sites (N-methyl/N-ethyl adjacent to an activating group) is 1. The summed E-state index contributed by atoms with van der Waals surface area (Å²) in [5, 5.41) is 10.0. The molecule has 2 unspecified atom stereocenters. The molecule has 0 aliphatic heterocycles. The number of unbranched alkanes of at least 4 members (excludes halogenated alkanes) is 11. The van der Waals surface area contributed by atoms with E-state index in [9.17, 15) is 24.2 Å². The lowest BCUT2D eigenvalue weighted by Crippen LogP contribution is -2.42. The molecule has 0 aromatic carbocycles. The average molecular weight is 673 g/mol. The second-order valence-corrected chi connectivity index (χ2v) is 14.4. The van der Waals surface area contributed by atoms with E-state index in [-0.39, 0.29) is 19.4 Å². The van der Waals surface area contributed by atoms with E-state index in [0.29, 0.717) is 23.9 Å². The molecule has 0 aliphatic rings. The molecule has 10 heteroatoms. The molecular formula is C36H67NO8P+. The van der Waals surface area contributed by atoms with E-state index >= 15 is 0 Å². The predicted octanol–water partition coefficient (Wildman–Crippen LogP) is 8.40. The van der Waals surface area contributed by atoms with Gasteiger partial charge in [0.2, 0.25) is 0 Å². The van der Waals surface area contributed by atoms with E-state index < -0.39 is 38.4 Å². The van der Waals surface area contributed by atoms with Crippen LogP contribution in [0.25, 0.3) is 0 Å². The normalized spacial score (nSPS) is 15.1. The number of hydrogen-bond donors (Lipinski definition) is 2. The molecule has 0 spiro atoms. The number of ketones is 1. The minimum Gasteiger partial charge on any atom is -0.457 e. The fraction of sp³-hybridized carbons (Fsp3) is 0.778. The number of Topliss-reactive ketones (excluding diaryl/α,β-unsaturated/α-hetero) is 1. The molecule has 0 radical (unpaired) electrons. The third-order valence-electron chi connectivity index (χ3n) is 7.43. The molecule has 0 aromatic rings. The molecule has 0 rings (SSSR count). The summed E-state index contributed by atoms with van der Waals surface area (Å²) in [6, 6.07) is 0. The van der Waals surface area contributed by atoms with Crippen LogP contribution in [0.5, 0.6) is 0 Å². The number of nitrogens with zero attached hydrogens (tertiary/aromatic N) is 1. The monoisotopic (exact) mass is 672 g/mol. The summed E-state index contributed by atoms with van der Waals surface area (Å²) in [6.07, 6.45) is 26.1. The summed E-state index contributed by atoms with van der Waals surface area (Å²) in [5.41, 5.74) is 0. The SMILES string of the molecule is CCCCC/C=C\C/C=C\C/C=C\CCCCC(=O)C(OP(=O)(O)OCC[N+](C)(C)C)[C@H](CO)OC(=O)CCCCCCCCC. The topological polar surface area (TPSA) is 119 Å². The van der Waals surface area contributed by atoms with Crippen LogP contribution < -0.4 is 0 Å². The molecule has 2 N–H and O–H groups in total. The van der Waals surface area contributed by atoms with Crippen molar-refractivity contribution in [3.8, 4) is 0 Å². The first-order valence-corrected chi connectivity index (χ1v) is 19.2. The number of carbonyl (C=O) groups excluding carboxylic acids is 2. The fourth-order valence-electron chi connectivity index (χ4n) is 4.58. The highest BCUT2D eigenvalue weighted by Gasteiger charge is 2.38. The van der Waals surface area contributed by atoms with Crippen LogP contribution in [0.4, 0.5) is 0 Å². The summed E-state index contributed by atoms with van der Waals surface area (Å²) >= 11 is 0. The molecule has 0 fully saturated rings. The van der Waals surface area contributed by atoms with Crippen molar-refractivity contribution in [2.24, 2.45) is 0 Å². The third kappa shape index (κ3) is 27.5. The molecule has 3 atom stereocenters. The summed E-state index contributed by atoms with van der Waals surface area (Å²) in [7, 11) is 1.06. The molecule has 0 bridgehead atoms. The van der Waals surface area contributed by atoms with E-state index in [1.165, 1.54) is 38.5 Å². The van der Waals surface area contributed by atoms with E-state index in [1.54, 1.807) is 0 Å². The molecule has 0 amide bonds. The zero-order chi connectivity index (χ0) is 34.5. The lowest BCUT2D eigenvalue weighted by molar-refractivity contribution is -0.870. The van der Waals surface area contributed by atoms with Gasteiger partial charge < -0.3 is 19.2 Å². The highest BCUT2D eigenvalue weighted by molar-refractivity contribution is 7.47. The average Bonchev–Trinajstić information content (AvgIpc) is 2.99. The van der Waals surface area contributed by atoms with Crippen LogP contribution in [0.3, 0.4) is 0 Å². The molecule has 268 valence electrons. The highest BCUT2D eigenvalue weighted by Crippen LogP contribution is 2.45. The zero-order valence-electron chi connectivity index (χ0n) is 29.7. The number of esters is 1. The van der Waals surface area contributed by atoms with Crippen molar-refractivity contribution in [3.05, 3.63) is 36.5 Å². The van der Waals surface area contributed by atoms with Crippen LogP contribution in [0, 0.1) is 0 Å². The third-order valence-corrected chi connectivity index (χ3v) is 8.43. The van der Waals surface area contributed by atoms with E-state index in [0.717, 1.165) is 51.4 Å². The van der Waals surface area contributed by atoms with Crippen molar-refractivity contribution in [2.75, 3.05) is 40.9 Å². The molecule has 0 saturated carbocycles. The van der Waals surface area contributed by atoms with Gasteiger partial charge in [0.05, 0.1) is 27.7 Å². The standard InChI is InChI=1S/C36H66NO8P/c1-6-8-10-12-14-15-16-17-18-19-20-21-23-24-26-28-33(39)36(45-46(41,42)43-31-30-37(3,4)5)34(32-38)44-35(40)29-27-25-22-13-11-9-7-2/h14-15,17-18,20-21,34,36,38H,6-13,16,19,22-32H2,1-5H3/p+1/b15-14-,18-17-,21-20-/t34-,36?/m0/s1. The van der Waals surface area contributed by atoms with Crippen LogP contribution >= 0.6 is 7.82 Å². The number of aliphatic hydroxyl groups is 1. The maximum absolute atomic E-state index is 13.2. The van der Waals surface area contributed by atoms with Crippen molar-refractivity contribution >= 4 is 19.6 Å². The number of allylic oxidation sites excluding steroid dienone is 6. The number of ether oxygens (including phenoxy) is 1. The van der Waals surface area contributed by atoms with Crippen molar-refractivity contribution in [3.63, 3.8) is 0 Å². The van der Waals surface area contributed by atoms with Gasteiger partial charge >= 0.3 is 13.8 Å². The maximum atomic E-state index is 13.2. The minimum atomic E-state index is -4.67. The number of quaternary nitrogens is 1. The lowest BCUT2D eigenvalue weighted by atomic mass is 10.0. The Morgan fingerprint density at radius 2 is 1.24 bits per heavy atom. The van der Waals surface area contributed by atoms with Crippen LogP contribution in [0.2, 0.25) is 0 Å². The summed E-state index contributed by atoms with van der Waals surface area (Å²) in [4.78, 5) is 36.1. The molecule has 0 heterocycles. The number of phosphoric ester groups is 1. The van der Waals surface area contributed by atoms with Gasteiger partial charge in [-0.1, -0.05) is 102 Å². The second kappa shape index (κ2) is 28.4. The van der Waals surface area contributed by atoms with E-state index in [1.807, 2.05) is 21.1 Å². The number of aliphatic hydroxyl groups excluding tert-OH is 1. The predicted molar refractivity (Wildman–Crippen MR) is 187 cm³/mol. The summed E-state index contributed by atoms with van der Waals surface area (Å²) < 4.78 is 29.1. The quantitative estimate of drug-likeness (QED) is 0.0248. The van der Waals surface area contributed by atoms with Gasteiger partial charge in [0.15, 0.2) is 18.0 Å². The van der Waals surface area contributed by atoms with Gasteiger partial charge in [-0.05, 0) is 51.4 Å². The first-order valence-electron chi connectivity index (χ1n) is 17.7. The Bertz CT molecular complexity index is 912. The van der Waals surface area contributed by atoms with E-state index in [2.05, 4.69) is 50.3 Å². The number of carbonyl (C=O) groups is 2. The highest BCUT2D eigenvalue weighted by atomic mass is 31.2. The molecule has 0 aromatic heterocycles. The van der Waals surface area contributed by atoms with Crippen molar-refractivity contribution in [1.82, 2.24) is 0 Å². The van der Waals surface area contributed by atoms with Gasteiger partial charge in [0.1, 0.15) is 13.2 Å². The van der Waals surface area contributed by atoms with Gasteiger partial charge in [-0.3, -0.25) is 18.6 Å². The molecular weight excluding hydrogens is 605 g/mol. The fourth-order valence-corrected chi connectivity index (χ4v) is 5.49. The second-order valence-electron chi connectivity index (χ2n) is 13.0. The molecule has 0 saturated heterocycles. The van der Waals surface area contributed by atoms with E-state index in [4.69, 9.17) is 13.8 Å². The summed E-state index contributed by atoms with van der Waals surface area (Å²) in [6.45, 7) is 4.01. The first kappa shape index (κ1) is 44.4. The Hall–Kier alpha value is -1.61. The maximum Gasteiger partial charge on any atom is 0.473 e. The molecule has 46 heavy (non-hydrogen) atoms. The number of hydrogen-bond acceptors (Lipinski definition) is 7. The molecule has 0 aliphatic carbocycles. The van der Waals surface area contributed by atoms with Crippen LogP contribution in [-0.2, 0) is 27.9 Å². The largest absolute Gasteiger partial charge is 0.473 e. The summed E-state index contributed by atoms with van der Waals surface area (Å²) in [5.74, 6) is -1.09. The Labute approximate surface area is 280 Å². The first-order chi connectivity index (χ1) is 22.0. The Morgan fingerprint density at radius 3 is 1.80 bits per heavy atom. The Balaban J connectivity index is 4.91. The van der Waals surface area contributed by atoms with Crippen molar-refractivity contribution in [1.29, 1.82) is 0 Å².